The molecule has 0 unspecified atom stereocenters. The molecule has 0 aromatic carbocycles. The fourth-order valence-electron chi connectivity index (χ4n) is 3.48. The fraction of sp³-hybridized carbons (Fsp3) is 0.733. The van der Waals surface area contributed by atoms with E-state index in [-0.39, 0.29) is 5.60 Å². The maximum Gasteiger partial charge on any atom is 0.185 e. The minimum Gasteiger partial charge on any atom is -0.362 e. The molecule has 1 aliphatic carbocycles. The summed E-state index contributed by atoms with van der Waals surface area (Å²) < 4.78 is 6.06. The van der Waals surface area contributed by atoms with Crippen molar-refractivity contribution in [3.05, 3.63) is 25.3 Å². The van der Waals surface area contributed by atoms with E-state index in [1.165, 1.54) is 25.7 Å². The van der Waals surface area contributed by atoms with Gasteiger partial charge in [0, 0.05) is 6.42 Å². The zero-order chi connectivity index (χ0) is 12.4. The second-order valence-electron chi connectivity index (χ2n) is 5.54. The van der Waals surface area contributed by atoms with Crippen LogP contribution in [-0.4, -0.2) is 16.5 Å². The summed E-state index contributed by atoms with van der Waals surface area (Å²) in [6.07, 6.45) is 12.2. The number of fused-ring (bicyclic) bond motifs is 1. The molecule has 2 nitrogen and oxygen atoms in total. The lowest BCUT2D eigenvalue weighted by Gasteiger charge is -2.34. The van der Waals surface area contributed by atoms with E-state index < -0.39 is 5.79 Å². The van der Waals surface area contributed by atoms with Crippen molar-refractivity contribution < 1.29 is 9.84 Å². The molecule has 0 bridgehead atoms. The van der Waals surface area contributed by atoms with Crippen LogP contribution in [0.25, 0.3) is 0 Å². The van der Waals surface area contributed by atoms with Gasteiger partial charge in [-0.1, -0.05) is 31.9 Å². The van der Waals surface area contributed by atoms with Gasteiger partial charge in [-0.3, -0.25) is 0 Å². The van der Waals surface area contributed by atoms with E-state index in [1.54, 1.807) is 6.08 Å². The third-order valence-electron chi connectivity index (χ3n) is 4.41. The first-order valence-corrected chi connectivity index (χ1v) is 6.81. The molecule has 17 heavy (non-hydrogen) atoms. The van der Waals surface area contributed by atoms with Crippen molar-refractivity contribution in [3.8, 4) is 0 Å². The Morgan fingerprint density at radius 2 is 2.12 bits per heavy atom. The lowest BCUT2D eigenvalue weighted by atomic mass is 9.79. The Morgan fingerprint density at radius 1 is 1.29 bits per heavy atom. The number of allylic oxidation sites excluding steroid dienone is 1. The smallest absolute Gasteiger partial charge is 0.185 e. The zero-order valence-electron chi connectivity index (χ0n) is 10.7. The van der Waals surface area contributed by atoms with Crippen molar-refractivity contribution in [1.82, 2.24) is 0 Å². The van der Waals surface area contributed by atoms with Crippen LogP contribution in [0, 0.1) is 5.92 Å². The van der Waals surface area contributed by atoms with Crippen molar-refractivity contribution in [2.75, 3.05) is 0 Å². The van der Waals surface area contributed by atoms with E-state index in [1.807, 2.05) is 6.08 Å². The van der Waals surface area contributed by atoms with Crippen molar-refractivity contribution in [3.63, 3.8) is 0 Å². The van der Waals surface area contributed by atoms with Gasteiger partial charge in [0.2, 0.25) is 0 Å². The van der Waals surface area contributed by atoms with Crippen LogP contribution < -0.4 is 0 Å². The summed E-state index contributed by atoms with van der Waals surface area (Å²) in [5, 5.41) is 10.3. The standard InChI is InChI=1S/C15H24O2/c1-3-5-10-14-11-8-6-7-9-13(14)12-15(16,4-2)17-14/h3-4,13,16H,1-2,5-12H2/t13-,14-,15-/m0/s1. The van der Waals surface area contributed by atoms with E-state index in [9.17, 15) is 5.11 Å². The largest absolute Gasteiger partial charge is 0.362 e. The second kappa shape index (κ2) is 4.95. The predicted octanol–water partition coefficient (Wildman–Crippen LogP) is 3.57. The molecule has 1 saturated carbocycles. The Bertz CT molecular complexity index is 299. The number of rotatable bonds is 4. The molecule has 96 valence electrons. The summed E-state index contributed by atoms with van der Waals surface area (Å²) in [6.45, 7) is 7.51. The number of ether oxygens (including phenoxy) is 1. The molecule has 2 aliphatic rings. The highest BCUT2D eigenvalue weighted by Gasteiger charge is 2.53. The van der Waals surface area contributed by atoms with Crippen molar-refractivity contribution in [2.24, 2.45) is 5.92 Å². The summed E-state index contributed by atoms with van der Waals surface area (Å²) in [5.74, 6) is -0.614. The summed E-state index contributed by atoms with van der Waals surface area (Å²) in [6, 6.07) is 0. The SMILES string of the molecule is C=CCC[C@]12CCCCC[C@H]1C[C@](O)(C=C)O2. The average molecular weight is 236 g/mol. The first-order valence-electron chi connectivity index (χ1n) is 6.81. The van der Waals surface area contributed by atoms with Gasteiger partial charge in [-0.05, 0) is 37.7 Å². The van der Waals surface area contributed by atoms with Gasteiger partial charge in [-0.25, -0.2) is 0 Å². The van der Waals surface area contributed by atoms with Crippen LogP contribution in [0.3, 0.4) is 0 Å². The summed E-state index contributed by atoms with van der Waals surface area (Å²) in [7, 11) is 0. The first-order chi connectivity index (χ1) is 8.14. The molecule has 2 heteroatoms. The molecule has 1 saturated heterocycles. The minimum atomic E-state index is -1.09. The molecule has 0 spiro atoms. The van der Waals surface area contributed by atoms with Crippen molar-refractivity contribution in [2.45, 2.75) is 62.8 Å². The van der Waals surface area contributed by atoms with E-state index >= 15 is 0 Å². The highest BCUT2D eigenvalue weighted by Crippen LogP contribution is 2.51. The van der Waals surface area contributed by atoms with Crippen molar-refractivity contribution >= 4 is 0 Å². The van der Waals surface area contributed by atoms with Crippen LogP contribution in [0.4, 0.5) is 0 Å². The van der Waals surface area contributed by atoms with Crippen LogP contribution >= 0.6 is 0 Å². The fourth-order valence-corrected chi connectivity index (χ4v) is 3.48. The molecule has 2 fully saturated rings. The lowest BCUT2D eigenvalue weighted by molar-refractivity contribution is -0.198. The minimum absolute atomic E-state index is 0.131. The Labute approximate surface area is 104 Å². The maximum atomic E-state index is 10.3. The summed E-state index contributed by atoms with van der Waals surface area (Å²) in [4.78, 5) is 0. The number of aliphatic hydroxyl groups is 1. The van der Waals surface area contributed by atoms with E-state index in [2.05, 4.69) is 13.2 Å². The molecular formula is C15H24O2. The zero-order valence-corrected chi connectivity index (χ0v) is 10.7. The third kappa shape index (κ3) is 2.48. The molecule has 1 heterocycles. The van der Waals surface area contributed by atoms with Gasteiger partial charge < -0.3 is 9.84 Å². The third-order valence-corrected chi connectivity index (χ3v) is 4.41. The molecule has 1 aliphatic heterocycles. The van der Waals surface area contributed by atoms with Crippen LogP contribution in [-0.2, 0) is 4.74 Å². The van der Waals surface area contributed by atoms with E-state index in [4.69, 9.17) is 4.74 Å². The molecule has 0 aromatic rings. The van der Waals surface area contributed by atoms with Crippen LogP contribution in [0.2, 0.25) is 0 Å². The van der Waals surface area contributed by atoms with Gasteiger partial charge >= 0.3 is 0 Å². The Hall–Kier alpha value is -0.600. The molecule has 0 aromatic heterocycles. The van der Waals surface area contributed by atoms with E-state index in [0.29, 0.717) is 12.3 Å². The van der Waals surface area contributed by atoms with Gasteiger partial charge in [0.15, 0.2) is 5.79 Å². The first kappa shape index (κ1) is 12.8. The van der Waals surface area contributed by atoms with Gasteiger partial charge in [-0.15, -0.1) is 6.58 Å². The molecular weight excluding hydrogens is 212 g/mol. The average Bonchev–Trinajstić information content (AvgIpc) is 2.48. The molecule has 2 rings (SSSR count). The Morgan fingerprint density at radius 3 is 2.82 bits per heavy atom. The highest BCUT2D eigenvalue weighted by molar-refractivity contribution is 5.05. The highest BCUT2D eigenvalue weighted by atomic mass is 16.6. The second-order valence-corrected chi connectivity index (χ2v) is 5.54. The van der Waals surface area contributed by atoms with Crippen molar-refractivity contribution in [1.29, 1.82) is 0 Å². The molecule has 0 amide bonds. The Kier molecular flexibility index (Phi) is 3.74. The summed E-state index contributed by atoms with van der Waals surface area (Å²) >= 11 is 0. The number of hydrogen-bond acceptors (Lipinski definition) is 2. The van der Waals surface area contributed by atoms with Gasteiger partial charge in [-0.2, -0.15) is 0 Å². The maximum absolute atomic E-state index is 10.3. The summed E-state index contributed by atoms with van der Waals surface area (Å²) in [5.41, 5.74) is -0.131. The molecule has 3 atom stereocenters. The molecule has 0 radical (unpaired) electrons. The topological polar surface area (TPSA) is 29.5 Å². The van der Waals surface area contributed by atoms with Crippen LogP contribution in [0.5, 0.6) is 0 Å². The van der Waals surface area contributed by atoms with Crippen LogP contribution in [0.15, 0.2) is 25.3 Å². The van der Waals surface area contributed by atoms with Gasteiger partial charge in [0.05, 0.1) is 5.60 Å². The van der Waals surface area contributed by atoms with E-state index in [0.717, 1.165) is 19.3 Å². The number of hydrogen-bond donors (Lipinski definition) is 1. The normalized spacial score (nSPS) is 41.6. The predicted molar refractivity (Wildman–Crippen MR) is 69.6 cm³/mol. The quantitative estimate of drug-likeness (QED) is 0.756. The Balaban J connectivity index is 2.20. The monoisotopic (exact) mass is 236 g/mol. The van der Waals surface area contributed by atoms with Crippen LogP contribution in [0.1, 0.15) is 51.4 Å². The lowest BCUT2D eigenvalue weighted by Crippen LogP contribution is -2.37. The van der Waals surface area contributed by atoms with Gasteiger partial charge in [0.1, 0.15) is 0 Å². The molecule has 1 N–H and O–H groups in total. The van der Waals surface area contributed by atoms with Gasteiger partial charge in [0.25, 0.3) is 0 Å².